The Bertz CT molecular complexity index is 651. The lowest BCUT2D eigenvalue weighted by Crippen LogP contribution is -2.33. The number of hydrogen-bond acceptors (Lipinski definition) is 4. The van der Waals surface area contributed by atoms with E-state index in [2.05, 4.69) is 27.1 Å². The Kier molecular flexibility index (Phi) is 4.48. The predicted molar refractivity (Wildman–Crippen MR) is 92.1 cm³/mol. The van der Waals surface area contributed by atoms with E-state index in [-0.39, 0.29) is 0 Å². The van der Waals surface area contributed by atoms with Gasteiger partial charge in [0.15, 0.2) is 0 Å². The molecule has 1 aliphatic rings. The minimum absolute atomic E-state index is 0.612. The number of benzene rings is 1. The van der Waals surface area contributed by atoms with Gasteiger partial charge in [-0.15, -0.1) is 0 Å². The number of nitrogens with one attached hydrogen (secondary N) is 1. The Labute approximate surface area is 136 Å². The van der Waals surface area contributed by atoms with Crippen LogP contribution in [0.25, 0.3) is 0 Å². The van der Waals surface area contributed by atoms with Crippen LogP contribution < -0.4 is 10.2 Å². The second-order valence-electron chi connectivity index (χ2n) is 5.95. The van der Waals surface area contributed by atoms with Gasteiger partial charge in [-0.25, -0.2) is 4.98 Å². The van der Waals surface area contributed by atoms with E-state index >= 15 is 0 Å². The van der Waals surface area contributed by atoms with Crippen LogP contribution in [0.3, 0.4) is 0 Å². The van der Waals surface area contributed by atoms with Gasteiger partial charge in [0.05, 0.1) is 0 Å². The van der Waals surface area contributed by atoms with Gasteiger partial charge in [-0.2, -0.15) is 4.98 Å². The molecule has 0 saturated carbocycles. The molecular weight excluding hydrogens is 296 g/mol. The zero-order valence-electron chi connectivity index (χ0n) is 13.0. The molecule has 1 fully saturated rings. The lowest BCUT2D eigenvalue weighted by molar-refractivity contribution is 0.436. The van der Waals surface area contributed by atoms with Crippen molar-refractivity contribution in [1.29, 1.82) is 0 Å². The Morgan fingerprint density at radius 2 is 2.00 bits per heavy atom. The van der Waals surface area contributed by atoms with E-state index in [4.69, 9.17) is 11.6 Å². The molecule has 5 heteroatoms. The zero-order chi connectivity index (χ0) is 15.5. The van der Waals surface area contributed by atoms with Gasteiger partial charge in [-0.1, -0.05) is 24.6 Å². The van der Waals surface area contributed by atoms with Crippen LogP contribution in [0.4, 0.5) is 17.5 Å². The molecule has 116 valence electrons. The molecule has 0 bridgehead atoms. The highest BCUT2D eigenvalue weighted by molar-refractivity contribution is 6.31. The third kappa shape index (κ3) is 3.33. The molecule has 0 amide bonds. The fourth-order valence-corrected chi connectivity index (χ4v) is 2.86. The molecule has 2 aromatic rings. The van der Waals surface area contributed by atoms with Crippen LogP contribution in [0, 0.1) is 12.8 Å². The van der Waals surface area contributed by atoms with E-state index < -0.39 is 0 Å². The molecule has 3 rings (SSSR count). The van der Waals surface area contributed by atoms with Gasteiger partial charge in [-0.05, 0) is 49.4 Å². The van der Waals surface area contributed by atoms with Crippen molar-refractivity contribution >= 4 is 29.1 Å². The molecule has 4 nitrogen and oxygen atoms in total. The molecule has 0 unspecified atom stereocenters. The average molecular weight is 317 g/mol. The molecule has 1 N–H and O–H groups in total. The lowest BCUT2D eigenvalue weighted by Gasteiger charge is -2.31. The highest BCUT2D eigenvalue weighted by atomic mass is 35.5. The Morgan fingerprint density at radius 1 is 1.23 bits per heavy atom. The Balaban J connectivity index is 1.78. The quantitative estimate of drug-likeness (QED) is 0.910. The molecule has 0 atom stereocenters. The third-order valence-corrected chi connectivity index (χ3v) is 4.67. The SMILES string of the molecule is Cc1c(Cl)cccc1Nc1nccc(N2CCC(C)CC2)n1. The summed E-state index contributed by atoms with van der Waals surface area (Å²) in [6.45, 7) is 6.42. The molecule has 22 heavy (non-hydrogen) atoms. The highest BCUT2D eigenvalue weighted by Gasteiger charge is 2.17. The summed E-state index contributed by atoms with van der Waals surface area (Å²) >= 11 is 6.16. The van der Waals surface area contributed by atoms with E-state index in [1.807, 2.05) is 37.4 Å². The summed E-state index contributed by atoms with van der Waals surface area (Å²) in [6, 6.07) is 7.77. The molecule has 0 radical (unpaired) electrons. The first-order chi connectivity index (χ1) is 10.6. The fourth-order valence-electron chi connectivity index (χ4n) is 2.69. The Hall–Kier alpha value is -1.81. The van der Waals surface area contributed by atoms with Gasteiger partial charge >= 0.3 is 0 Å². The van der Waals surface area contributed by atoms with Crippen molar-refractivity contribution in [2.75, 3.05) is 23.3 Å². The molecule has 1 aromatic carbocycles. The maximum Gasteiger partial charge on any atom is 0.229 e. The summed E-state index contributed by atoms with van der Waals surface area (Å²) in [7, 11) is 0. The molecule has 1 saturated heterocycles. The van der Waals surface area contributed by atoms with Crippen molar-refractivity contribution in [3.63, 3.8) is 0 Å². The number of nitrogens with zero attached hydrogens (tertiary/aromatic N) is 3. The zero-order valence-corrected chi connectivity index (χ0v) is 13.8. The van der Waals surface area contributed by atoms with Crippen molar-refractivity contribution in [1.82, 2.24) is 9.97 Å². The molecule has 0 spiro atoms. The molecule has 1 aliphatic heterocycles. The van der Waals surface area contributed by atoms with E-state index in [0.717, 1.165) is 41.1 Å². The molecule has 1 aromatic heterocycles. The first-order valence-electron chi connectivity index (χ1n) is 7.73. The minimum Gasteiger partial charge on any atom is -0.356 e. The number of aromatic nitrogens is 2. The minimum atomic E-state index is 0.612. The monoisotopic (exact) mass is 316 g/mol. The highest BCUT2D eigenvalue weighted by Crippen LogP contribution is 2.26. The van der Waals surface area contributed by atoms with E-state index in [1.54, 1.807) is 0 Å². The smallest absolute Gasteiger partial charge is 0.229 e. The van der Waals surface area contributed by atoms with Crippen LogP contribution in [0.5, 0.6) is 0 Å². The fraction of sp³-hybridized carbons (Fsp3) is 0.412. The van der Waals surface area contributed by atoms with Crippen molar-refractivity contribution in [3.05, 3.63) is 41.0 Å². The number of piperidine rings is 1. The van der Waals surface area contributed by atoms with Crippen LogP contribution in [0.1, 0.15) is 25.3 Å². The maximum absolute atomic E-state index is 6.16. The largest absolute Gasteiger partial charge is 0.356 e. The molecule has 0 aliphatic carbocycles. The first kappa shape index (κ1) is 15.1. The van der Waals surface area contributed by atoms with Gasteiger partial charge in [-0.3, -0.25) is 0 Å². The van der Waals surface area contributed by atoms with E-state index in [0.29, 0.717) is 5.95 Å². The number of anilines is 3. The summed E-state index contributed by atoms with van der Waals surface area (Å²) in [6.07, 6.45) is 4.25. The van der Waals surface area contributed by atoms with Crippen molar-refractivity contribution in [3.8, 4) is 0 Å². The standard InChI is InChI=1S/C17H21ClN4/c1-12-7-10-22(11-8-12)16-6-9-19-17(21-16)20-15-5-3-4-14(18)13(15)2/h3-6,9,12H,7-8,10-11H2,1-2H3,(H,19,20,21). The van der Waals surface area contributed by atoms with Crippen LogP contribution in [-0.2, 0) is 0 Å². The molecule has 2 heterocycles. The topological polar surface area (TPSA) is 41.1 Å². The van der Waals surface area contributed by atoms with Crippen LogP contribution >= 0.6 is 11.6 Å². The average Bonchev–Trinajstić information content (AvgIpc) is 2.53. The predicted octanol–water partition coefficient (Wildman–Crippen LogP) is 4.42. The number of hydrogen-bond donors (Lipinski definition) is 1. The van der Waals surface area contributed by atoms with Crippen molar-refractivity contribution < 1.29 is 0 Å². The first-order valence-corrected chi connectivity index (χ1v) is 8.11. The van der Waals surface area contributed by atoms with Crippen LogP contribution in [0.2, 0.25) is 5.02 Å². The van der Waals surface area contributed by atoms with Crippen molar-refractivity contribution in [2.45, 2.75) is 26.7 Å². The normalized spacial score (nSPS) is 15.9. The van der Waals surface area contributed by atoms with Crippen LogP contribution in [0.15, 0.2) is 30.5 Å². The van der Waals surface area contributed by atoms with Crippen molar-refractivity contribution in [2.24, 2.45) is 5.92 Å². The van der Waals surface area contributed by atoms with Crippen LogP contribution in [-0.4, -0.2) is 23.1 Å². The lowest BCUT2D eigenvalue weighted by atomic mass is 9.99. The summed E-state index contributed by atoms with van der Waals surface area (Å²) in [5, 5.41) is 4.01. The summed E-state index contributed by atoms with van der Waals surface area (Å²) in [4.78, 5) is 11.3. The third-order valence-electron chi connectivity index (χ3n) is 4.26. The number of rotatable bonds is 3. The molecular formula is C17H21ClN4. The number of halogens is 1. The van der Waals surface area contributed by atoms with E-state index in [1.165, 1.54) is 12.8 Å². The summed E-state index contributed by atoms with van der Waals surface area (Å²) in [5.74, 6) is 2.41. The van der Waals surface area contributed by atoms with Gasteiger partial charge < -0.3 is 10.2 Å². The van der Waals surface area contributed by atoms with Gasteiger partial charge in [0, 0.05) is 30.0 Å². The summed E-state index contributed by atoms with van der Waals surface area (Å²) < 4.78 is 0. The van der Waals surface area contributed by atoms with Gasteiger partial charge in [0.1, 0.15) is 5.82 Å². The van der Waals surface area contributed by atoms with Gasteiger partial charge in [0.2, 0.25) is 5.95 Å². The maximum atomic E-state index is 6.16. The second-order valence-corrected chi connectivity index (χ2v) is 6.35. The van der Waals surface area contributed by atoms with Gasteiger partial charge in [0.25, 0.3) is 0 Å². The summed E-state index contributed by atoms with van der Waals surface area (Å²) in [5.41, 5.74) is 1.95. The van der Waals surface area contributed by atoms with E-state index in [9.17, 15) is 0 Å². The second kappa shape index (κ2) is 6.53. The Morgan fingerprint density at radius 3 is 2.77 bits per heavy atom.